The molecule has 5 nitrogen and oxygen atoms in total. The highest BCUT2D eigenvalue weighted by molar-refractivity contribution is 6.31. The average molecular weight is 390 g/mol. The van der Waals surface area contributed by atoms with E-state index in [0.29, 0.717) is 23.7 Å². The second kappa shape index (κ2) is 7.86. The number of anilines is 1. The molecular formula is C22H20ClN5. The van der Waals surface area contributed by atoms with E-state index in [1.165, 1.54) is 0 Å². The fraction of sp³-hybridized carbons (Fsp3) is 0.227. The number of nitrogens with zero attached hydrogens (tertiary/aromatic N) is 3. The van der Waals surface area contributed by atoms with Crippen LogP contribution in [0.15, 0.2) is 36.4 Å². The highest BCUT2D eigenvalue weighted by atomic mass is 35.5. The van der Waals surface area contributed by atoms with Crippen molar-refractivity contribution in [3.05, 3.63) is 69.7 Å². The monoisotopic (exact) mass is 389 g/mol. The van der Waals surface area contributed by atoms with Crippen LogP contribution >= 0.6 is 11.6 Å². The highest BCUT2D eigenvalue weighted by Crippen LogP contribution is 2.28. The molecule has 0 unspecified atom stereocenters. The minimum absolute atomic E-state index is 0.528. The van der Waals surface area contributed by atoms with E-state index in [-0.39, 0.29) is 0 Å². The second-order valence-electron chi connectivity index (χ2n) is 7.15. The quantitative estimate of drug-likeness (QED) is 0.496. The summed E-state index contributed by atoms with van der Waals surface area (Å²) in [6.07, 6.45) is 0. The molecule has 0 radical (unpaired) electrons. The Morgan fingerprint density at radius 3 is 2.64 bits per heavy atom. The van der Waals surface area contributed by atoms with Gasteiger partial charge in [0.1, 0.15) is 5.69 Å². The molecule has 0 aliphatic heterocycles. The van der Waals surface area contributed by atoms with Crippen LogP contribution in [0.4, 0.5) is 11.5 Å². The van der Waals surface area contributed by atoms with Crippen molar-refractivity contribution in [1.29, 1.82) is 0 Å². The van der Waals surface area contributed by atoms with E-state index >= 15 is 0 Å². The van der Waals surface area contributed by atoms with Crippen molar-refractivity contribution >= 4 is 33.9 Å². The molecule has 3 rings (SSSR count). The van der Waals surface area contributed by atoms with Crippen LogP contribution in [0.5, 0.6) is 0 Å². The molecule has 28 heavy (non-hydrogen) atoms. The van der Waals surface area contributed by atoms with Crippen LogP contribution in [-0.4, -0.2) is 15.7 Å². The van der Waals surface area contributed by atoms with Crippen LogP contribution in [0.2, 0.25) is 5.02 Å². The summed E-state index contributed by atoms with van der Waals surface area (Å²) in [6.45, 7) is 13.5. The second-order valence-corrected chi connectivity index (χ2v) is 7.55. The van der Waals surface area contributed by atoms with Crippen molar-refractivity contribution in [3.8, 4) is 11.8 Å². The van der Waals surface area contributed by atoms with Crippen molar-refractivity contribution in [3.63, 3.8) is 0 Å². The SMILES string of the molecule is [C-]#[N+]c1ccc2c(C#CC(C)(C)N)nnc(NCc3ccc(C)c(Cl)c3)c2c1. The minimum Gasteiger partial charge on any atom is -0.364 e. The summed E-state index contributed by atoms with van der Waals surface area (Å²) in [5.74, 6) is 6.58. The van der Waals surface area contributed by atoms with E-state index in [2.05, 4.69) is 32.2 Å². The van der Waals surface area contributed by atoms with Crippen LogP contribution in [0.3, 0.4) is 0 Å². The molecule has 0 amide bonds. The van der Waals surface area contributed by atoms with Crippen LogP contribution in [-0.2, 0) is 6.54 Å². The summed E-state index contributed by atoms with van der Waals surface area (Å²) < 4.78 is 0. The van der Waals surface area contributed by atoms with Gasteiger partial charge in [0.2, 0.25) is 0 Å². The molecule has 140 valence electrons. The molecule has 0 saturated heterocycles. The third-order valence-corrected chi connectivity index (χ3v) is 4.50. The van der Waals surface area contributed by atoms with Gasteiger partial charge >= 0.3 is 0 Å². The topological polar surface area (TPSA) is 68.2 Å². The predicted molar refractivity (Wildman–Crippen MR) is 114 cm³/mol. The standard InChI is InChI=1S/C22H20ClN5/c1-14-5-6-15(11-19(14)23)13-26-21-18-12-16(25-4)7-8-17(18)20(27-28-21)9-10-22(2,3)24/h5-8,11-12H,13,24H2,1-3H3,(H,26,28). The zero-order chi connectivity index (χ0) is 20.3. The van der Waals surface area contributed by atoms with Crippen LogP contribution in [0.25, 0.3) is 15.6 Å². The number of fused-ring (bicyclic) bond motifs is 1. The average Bonchev–Trinajstić information content (AvgIpc) is 2.66. The Kier molecular flexibility index (Phi) is 5.51. The molecule has 0 aliphatic rings. The fourth-order valence-electron chi connectivity index (χ4n) is 2.59. The zero-order valence-electron chi connectivity index (χ0n) is 16.0. The summed E-state index contributed by atoms with van der Waals surface area (Å²) in [6, 6.07) is 11.3. The number of rotatable bonds is 3. The number of benzene rings is 2. The molecule has 0 atom stereocenters. The highest BCUT2D eigenvalue weighted by Gasteiger charge is 2.11. The molecule has 1 aromatic heterocycles. The largest absolute Gasteiger partial charge is 0.364 e. The lowest BCUT2D eigenvalue weighted by molar-refractivity contribution is 0.680. The predicted octanol–water partition coefficient (Wildman–Crippen LogP) is 4.84. The third kappa shape index (κ3) is 4.58. The smallest absolute Gasteiger partial charge is 0.188 e. The molecule has 3 N–H and O–H groups in total. The molecule has 0 aliphatic carbocycles. The first kappa shape index (κ1) is 19.6. The van der Waals surface area contributed by atoms with Crippen molar-refractivity contribution in [2.75, 3.05) is 5.32 Å². The summed E-state index contributed by atoms with van der Waals surface area (Å²) in [7, 11) is 0. The maximum atomic E-state index is 7.30. The molecule has 3 aromatic rings. The molecule has 1 heterocycles. The van der Waals surface area contributed by atoms with Gasteiger partial charge in [-0.2, -0.15) is 0 Å². The Balaban J connectivity index is 2.01. The van der Waals surface area contributed by atoms with Crippen LogP contribution < -0.4 is 11.1 Å². The number of aromatic nitrogens is 2. The van der Waals surface area contributed by atoms with Gasteiger partial charge in [-0.3, -0.25) is 0 Å². The maximum Gasteiger partial charge on any atom is 0.188 e. The lowest BCUT2D eigenvalue weighted by atomic mass is 10.1. The normalized spacial score (nSPS) is 10.9. The first-order valence-electron chi connectivity index (χ1n) is 8.76. The Bertz CT molecular complexity index is 1140. The lowest BCUT2D eigenvalue weighted by Gasteiger charge is -2.11. The van der Waals surface area contributed by atoms with Crippen molar-refractivity contribution in [2.45, 2.75) is 32.9 Å². The van der Waals surface area contributed by atoms with Crippen LogP contribution in [0, 0.1) is 25.3 Å². The van der Waals surface area contributed by atoms with Gasteiger partial charge in [-0.05, 0) is 50.0 Å². The van der Waals surface area contributed by atoms with Crippen molar-refractivity contribution in [2.24, 2.45) is 5.73 Å². The Hall–Kier alpha value is -3.12. The van der Waals surface area contributed by atoms with Gasteiger partial charge in [0.15, 0.2) is 11.5 Å². The number of aryl methyl sites for hydroxylation is 1. The van der Waals surface area contributed by atoms with Gasteiger partial charge in [0, 0.05) is 22.3 Å². The molecule has 2 aromatic carbocycles. The molecule has 0 spiro atoms. The maximum absolute atomic E-state index is 7.30. The van der Waals surface area contributed by atoms with Crippen molar-refractivity contribution < 1.29 is 0 Å². The van der Waals surface area contributed by atoms with Gasteiger partial charge in [0.05, 0.1) is 12.1 Å². The van der Waals surface area contributed by atoms with E-state index in [0.717, 1.165) is 26.9 Å². The fourth-order valence-corrected chi connectivity index (χ4v) is 2.79. The number of halogens is 1. The zero-order valence-corrected chi connectivity index (χ0v) is 16.7. The van der Waals surface area contributed by atoms with Gasteiger partial charge in [-0.15, -0.1) is 10.2 Å². The van der Waals surface area contributed by atoms with Gasteiger partial charge < -0.3 is 11.1 Å². The van der Waals surface area contributed by atoms with E-state index in [4.69, 9.17) is 23.9 Å². The number of hydrogen-bond acceptors (Lipinski definition) is 4. The Morgan fingerprint density at radius 2 is 1.96 bits per heavy atom. The Morgan fingerprint density at radius 1 is 1.18 bits per heavy atom. The summed E-state index contributed by atoms with van der Waals surface area (Å²) in [4.78, 5) is 3.52. The van der Waals surface area contributed by atoms with Crippen molar-refractivity contribution in [1.82, 2.24) is 10.2 Å². The summed E-state index contributed by atoms with van der Waals surface area (Å²) >= 11 is 6.21. The molecular weight excluding hydrogens is 370 g/mol. The Labute approximate surface area is 169 Å². The van der Waals surface area contributed by atoms with E-state index < -0.39 is 5.54 Å². The number of nitrogens with two attached hydrogens (primary N) is 1. The van der Waals surface area contributed by atoms with Gasteiger partial charge in [0.25, 0.3) is 0 Å². The third-order valence-electron chi connectivity index (χ3n) is 4.09. The first-order chi connectivity index (χ1) is 13.3. The molecule has 6 heteroatoms. The van der Waals surface area contributed by atoms with E-state index in [9.17, 15) is 0 Å². The molecule has 0 saturated carbocycles. The van der Waals surface area contributed by atoms with E-state index in [1.807, 2.05) is 45.0 Å². The summed E-state index contributed by atoms with van der Waals surface area (Å²) in [5.41, 5.74) is 8.44. The lowest BCUT2D eigenvalue weighted by Crippen LogP contribution is -2.29. The first-order valence-corrected chi connectivity index (χ1v) is 9.13. The number of nitrogens with one attached hydrogen (secondary N) is 1. The molecule has 0 bridgehead atoms. The minimum atomic E-state index is -0.633. The summed E-state index contributed by atoms with van der Waals surface area (Å²) in [5, 5.41) is 14.2. The number of hydrogen-bond donors (Lipinski definition) is 2. The molecule has 0 fully saturated rings. The van der Waals surface area contributed by atoms with Gasteiger partial charge in [-0.25, -0.2) is 4.85 Å². The van der Waals surface area contributed by atoms with Gasteiger partial charge in [-0.1, -0.05) is 41.8 Å². The van der Waals surface area contributed by atoms with E-state index in [1.54, 1.807) is 12.1 Å². The van der Waals surface area contributed by atoms with Crippen LogP contribution in [0.1, 0.15) is 30.7 Å².